The molecular weight excluding hydrogens is 526 g/mol. The number of rotatable bonds is 19. The Morgan fingerprint density at radius 2 is 1.48 bits per heavy atom. The number of carbonyl (C=O) groups is 1. The van der Waals surface area contributed by atoms with E-state index in [1.807, 2.05) is 30.3 Å². The van der Waals surface area contributed by atoms with Gasteiger partial charge in [0.2, 0.25) is 5.16 Å². The van der Waals surface area contributed by atoms with Crippen LogP contribution in [-0.2, 0) is 4.79 Å². The number of hydrogen-bond acceptors (Lipinski definition) is 8. The molecule has 10 heteroatoms. The van der Waals surface area contributed by atoms with E-state index in [0.29, 0.717) is 28.1 Å². The molecule has 0 spiro atoms. The Bertz CT molecular complexity index is 1130. The SMILES string of the molecule is CCCCCCCCCCCCSc1nnn(C(C(=O)Nc2c(OC)cc(OC)cc2OC)c2ccccc2)n1. The van der Waals surface area contributed by atoms with Crippen LogP contribution in [0.5, 0.6) is 17.2 Å². The van der Waals surface area contributed by atoms with Crippen molar-refractivity contribution in [2.45, 2.75) is 82.3 Å². The molecule has 0 fully saturated rings. The number of nitrogens with zero attached hydrogens (tertiary/aromatic N) is 4. The quantitative estimate of drug-likeness (QED) is 0.122. The second kappa shape index (κ2) is 17.4. The number of methoxy groups -OCH3 is 3. The van der Waals surface area contributed by atoms with E-state index in [4.69, 9.17) is 14.2 Å². The molecule has 0 radical (unpaired) electrons. The number of tetrazole rings is 1. The van der Waals surface area contributed by atoms with Gasteiger partial charge in [0.05, 0.1) is 21.3 Å². The van der Waals surface area contributed by atoms with Gasteiger partial charge in [0.15, 0.2) is 6.04 Å². The van der Waals surface area contributed by atoms with Crippen LogP contribution in [0.3, 0.4) is 0 Å². The number of benzene rings is 2. The van der Waals surface area contributed by atoms with E-state index < -0.39 is 6.04 Å². The second-order valence-corrected chi connectivity index (χ2v) is 10.7. The van der Waals surface area contributed by atoms with Crippen molar-refractivity contribution in [3.8, 4) is 17.2 Å². The van der Waals surface area contributed by atoms with Gasteiger partial charge in [0, 0.05) is 17.9 Å². The van der Waals surface area contributed by atoms with Crippen LogP contribution in [0.15, 0.2) is 47.6 Å². The summed E-state index contributed by atoms with van der Waals surface area (Å²) in [6, 6.07) is 11.9. The molecular formula is C30H43N5O4S. The normalized spacial score (nSPS) is 11.7. The highest BCUT2D eigenvalue weighted by atomic mass is 32.2. The van der Waals surface area contributed by atoms with Gasteiger partial charge in [-0.15, -0.1) is 15.0 Å². The number of amides is 1. The zero-order chi connectivity index (χ0) is 28.6. The van der Waals surface area contributed by atoms with Gasteiger partial charge in [0.1, 0.15) is 22.9 Å². The Morgan fingerprint density at radius 1 is 0.875 bits per heavy atom. The molecule has 0 saturated heterocycles. The molecule has 1 N–H and O–H groups in total. The van der Waals surface area contributed by atoms with Gasteiger partial charge in [-0.1, -0.05) is 107 Å². The van der Waals surface area contributed by atoms with E-state index in [9.17, 15) is 4.79 Å². The third kappa shape index (κ3) is 9.43. The van der Waals surface area contributed by atoms with Crippen LogP contribution in [0.2, 0.25) is 0 Å². The summed E-state index contributed by atoms with van der Waals surface area (Å²) in [4.78, 5) is 15.1. The summed E-state index contributed by atoms with van der Waals surface area (Å²) >= 11 is 1.57. The minimum atomic E-state index is -0.836. The lowest BCUT2D eigenvalue weighted by Gasteiger charge is -2.19. The molecule has 3 rings (SSSR count). The molecule has 2 aromatic carbocycles. The van der Waals surface area contributed by atoms with Gasteiger partial charge in [-0.05, 0) is 17.2 Å². The van der Waals surface area contributed by atoms with Crippen LogP contribution >= 0.6 is 11.8 Å². The highest BCUT2D eigenvalue weighted by Gasteiger charge is 2.28. The van der Waals surface area contributed by atoms with Gasteiger partial charge < -0.3 is 19.5 Å². The number of hydrogen-bond donors (Lipinski definition) is 1. The van der Waals surface area contributed by atoms with E-state index in [-0.39, 0.29) is 5.91 Å². The second-order valence-electron chi connectivity index (χ2n) is 9.63. The summed E-state index contributed by atoms with van der Waals surface area (Å²) in [7, 11) is 4.60. The van der Waals surface area contributed by atoms with Crippen LogP contribution in [0, 0.1) is 0 Å². The highest BCUT2D eigenvalue weighted by Crippen LogP contribution is 2.39. The first-order valence-corrected chi connectivity index (χ1v) is 15.2. The maximum absolute atomic E-state index is 13.7. The Balaban J connectivity index is 1.61. The smallest absolute Gasteiger partial charge is 0.256 e. The fourth-order valence-electron chi connectivity index (χ4n) is 4.48. The Kier molecular flexibility index (Phi) is 13.6. The molecule has 0 aliphatic rings. The topological polar surface area (TPSA) is 100 Å². The molecule has 0 aliphatic heterocycles. The van der Waals surface area contributed by atoms with Gasteiger partial charge >= 0.3 is 0 Å². The van der Waals surface area contributed by atoms with Crippen LogP contribution in [-0.4, -0.2) is 53.2 Å². The number of unbranched alkanes of at least 4 members (excludes halogenated alkanes) is 9. The molecule has 9 nitrogen and oxygen atoms in total. The van der Waals surface area contributed by atoms with Crippen LogP contribution in [0.1, 0.15) is 82.7 Å². The third-order valence-corrected chi connectivity index (χ3v) is 7.61. The summed E-state index contributed by atoms with van der Waals surface area (Å²) in [6.07, 6.45) is 13.0. The first-order chi connectivity index (χ1) is 19.6. The number of thioether (sulfide) groups is 1. The molecule has 0 aliphatic carbocycles. The first kappa shape index (κ1) is 31.3. The van der Waals surface area contributed by atoms with Crippen molar-refractivity contribution in [3.05, 3.63) is 48.0 Å². The van der Waals surface area contributed by atoms with Gasteiger partial charge in [-0.3, -0.25) is 4.79 Å². The zero-order valence-electron chi connectivity index (χ0n) is 24.2. The molecule has 1 aromatic heterocycles. The van der Waals surface area contributed by atoms with Crippen LogP contribution in [0.25, 0.3) is 0 Å². The fourth-order valence-corrected chi connectivity index (χ4v) is 5.24. The van der Waals surface area contributed by atoms with Crippen molar-refractivity contribution >= 4 is 23.4 Å². The number of carbonyl (C=O) groups excluding carboxylic acids is 1. The van der Waals surface area contributed by atoms with Crippen molar-refractivity contribution in [1.82, 2.24) is 20.2 Å². The highest BCUT2D eigenvalue weighted by molar-refractivity contribution is 7.99. The summed E-state index contributed by atoms with van der Waals surface area (Å²) in [6.45, 7) is 2.26. The van der Waals surface area contributed by atoms with E-state index in [1.54, 1.807) is 31.0 Å². The van der Waals surface area contributed by atoms with Gasteiger partial charge in [0.25, 0.3) is 5.91 Å². The number of nitrogens with one attached hydrogen (secondary N) is 1. The van der Waals surface area contributed by atoms with Crippen molar-refractivity contribution < 1.29 is 19.0 Å². The molecule has 3 aromatic rings. The molecule has 218 valence electrons. The van der Waals surface area contributed by atoms with Crippen LogP contribution < -0.4 is 19.5 Å². The molecule has 0 saturated carbocycles. The summed E-state index contributed by atoms with van der Waals surface area (Å²) in [5.74, 6) is 1.95. The predicted molar refractivity (Wildman–Crippen MR) is 160 cm³/mol. The maximum atomic E-state index is 13.7. The van der Waals surface area contributed by atoms with Crippen molar-refractivity contribution in [3.63, 3.8) is 0 Å². The van der Waals surface area contributed by atoms with E-state index in [0.717, 1.165) is 17.7 Å². The first-order valence-electron chi connectivity index (χ1n) is 14.2. The lowest BCUT2D eigenvalue weighted by Crippen LogP contribution is -2.29. The average molecular weight is 570 g/mol. The summed E-state index contributed by atoms with van der Waals surface area (Å²) in [5.41, 5.74) is 1.13. The van der Waals surface area contributed by atoms with Crippen molar-refractivity contribution in [2.24, 2.45) is 0 Å². The van der Waals surface area contributed by atoms with Gasteiger partial charge in [-0.25, -0.2) is 0 Å². The van der Waals surface area contributed by atoms with Crippen molar-refractivity contribution in [2.75, 3.05) is 32.4 Å². The third-order valence-electron chi connectivity index (χ3n) is 6.70. The molecule has 1 unspecified atom stereocenters. The lowest BCUT2D eigenvalue weighted by molar-refractivity contribution is -0.118. The molecule has 40 heavy (non-hydrogen) atoms. The molecule has 1 heterocycles. The monoisotopic (exact) mass is 569 g/mol. The number of aromatic nitrogens is 4. The Morgan fingerprint density at radius 3 is 2.05 bits per heavy atom. The largest absolute Gasteiger partial charge is 0.496 e. The van der Waals surface area contributed by atoms with Crippen molar-refractivity contribution in [1.29, 1.82) is 0 Å². The fraction of sp³-hybridized carbons (Fsp3) is 0.533. The zero-order valence-corrected chi connectivity index (χ0v) is 25.0. The lowest BCUT2D eigenvalue weighted by atomic mass is 10.1. The number of anilines is 1. The van der Waals surface area contributed by atoms with E-state index >= 15 is 0 Å². The summed E-state index contributed by atoms with van der Waals surface area (Å²) in [5, 5.41) is 16.5. The van der Waals surface area contributed by atoms with E-state index in [1.165, 1.54) is 76.8 Å². The summed E-state index contributed by atoms with van der Waals surface area (Å²) < 4.78 is 16.3. The Hall–Kier alpha value is -3.27. The Labute approximate surface area is 242 Å². The minimum absolute atomic E-state index is 0.350. The van der Waals surface area contributed by atoms with Gasteiger partial charge in [-0.2, -0.15) is 0 Å². The molecule has 1 atom stereocenters. The van der Waals surface area contributed by atoms with E-state index in [2.05, 4.69) is 27.7 Å². The maximum Gasteiger partial charge on any atom is 0.256 e. The van der Waals surface area contributed by atoms with Crippen LogP contribution in [0.4, 0.5) is 5.69 Å². The number of ether oxygens (including phenoxy) is 3. The minimum Gasteiger partial charge on any atom is -0.496 e. The standard InChI is InChI=1S/C30H43N5O4S/c1-5-6-7-8-9-10-11-12-13-17-20-40-30-32-34-35(33-30)28(23-18-15-14-16-19-23)29(36)31-27-25(38-3)21-24(37-2)22-26(27)39-4/h14-16,18-19,21-22,28H,5-13,17,20H2,1-4H3,(H,31,36). The predicted octanol–water partition coefficient (Wildman–Crippen LogP) is 6.94. The molecule has 0 bridgehead atoms. The average Bonchev–Trinajstić information content (AvgIpc) is 3.44. The molecule has 1 amide bonds.